The molecule has 1 nitrogen and oxygen atoms in total. The van der Waals surface area contributed by atoms with Crippen LogP contribution in [0.25, 0.3) is 5.57 Å². The molecule has 1 aliphatic rings. The molecular formula is C12H12O. The quantitative estimate of drug-likeness (QED) is 0.635. The molecule has 0 spiro atoms. The Labute approximate surface area is 77.7 Å². The van der Waals surface area contributed by atoms with Crippen LogP contribution in [0.15, 0.2) is 35.1 Å². The van der Waals surface area contributed by atoms with Gasteiger partial charge in [0, 0.05) is 11.5 Å². The summed E-state index contributed by atoms with van der Waals surface area (Å²) in [6.07, 6.45) is 2.12. The van der Waals surface area contributed by atoms with E-state index in [1.807, 2.05) is 31.2 Å². The monoisotopic (exact) mass is 172 g/mol. The molecule has 0 saturated heterocycles. The Hall–Kier alpha value is -1.37. The first-order valence-electron chi connectivity index (χ1n) is 4.52. The molecule has 0 amide bonds. The van der Waals surface area contributed by atoms with E-state index in [9.17, 15) is 4.79 Å². The summed E-state index contributed by atoms with van der Waals surface area (Å²) in [5.41, 5.74) is 3.06. The topological polar surface area (TPSA) is 17.1 Å². The van der Waals surface area contributed by atoms with Gasteiger partial charge in [-0.05, 0) is 18.1 Å². The minimum atomic E-state index is 0.167. The largest absolute Gasteiger partial charge is 0.289 e. The van der Waals surface area contributed by atoms with Gasteiger partial charge >= 0.3 is 0 Å². The average Bonchev–Trinajstić information content (AvgIpc) is 2.82. The van der Waals surface area contributed by atoms with E-state index in [0.717, 1.165) is 11.1 Å². The molecule has 0 N–H and O–H groups in total. The predicted molar refractivity (Wildman–Crippen MR) is 54.6 cm³/mol. The van der Waals surface area contributed by atoms with Crippen molar-refractivity contribution < 1.29 is 0 Å². The van der Waals surface area contributed by atoms with E-state index >= 15 is 0 Å². The second kappa shape index (κ2) is 2.84. The number of rotatable bonds is 1. The lowest BCUT2D eigenvalue weighted by molar-refractivity contribution is 1.10. The Morgan fingerprint density at radius 1 is 1.23 bits per heavy atom. The van der Waals surface area contributed by atoms with E-state index in [4.69, 9.17) is 0 Å². The van der Waals surface area contributed by atoms with Crippen molar-refractivity contribution in [2.75, 3.05) is 0 Å². The third kappa shape index (κ3) is 1.42. The minimum absolute atomic E-state index is 0.167. The van der Waals surface area contributed by atoms with Crippen LogP contribution in [0.5, 0.6) is 0 Å². The summed E-state index contributed by atoms with van der Waals surface area (Å²) in [7, 11) is 0. The van der Waals surface area contributed by atoms with E-state index in [0.29, 0.717) is 5.92 Å². The summed E-state index contributed by atoms with van der Waals surface area (Å²) in [6, 6.07) is 7.60. The molecular weight excluding hydrogens is 160 g/mol. The highest BCUT2D eigenvalue weighted by atomic mass is 16.1. The number of aryl methyl sites for hydroxylation is 1. The fourth-order valence-electron chi connectivity index (χ4n) is 1.50. The Kier molecular flexibility index (Phi) is 1.80. The first kappa shape index (κ1) is 8.24. The third-order valence-electron chi connectivity index (χ3n) is 2.45. The molecule has 0 saturated carbocycles. The van der Waals surface area contributed by atoms with E-state index in [2.05, 4.69) is 13.0 Å². The number of hydrogen-bond donors (Lipinski definition) is 0. The fraction of sp³-hybridized carbons (Fsp3) is 0.250. The van der Waals surface area contributed by atoms with Gasteiger partial charge in [-0.1, -0.05) is 37.3 Å². The highest BCUT2D eigenvalue weighted by Gasteiger charge is 2.22. The molecule has 0 bridgehead atoms. The van der Waals surface area contributed by atoms with E-state index in [1.54, 1.807) is 0 Å². The summed E-state index contributed by atoms with van der Waals surface area (Å²) in [5, 5.41) is 0. The number of allylic oxidation sites excluding steroid dienone is 2. The van der Waals surface area contributed by atoms with E-state index < -0.39 is 0 Å². The molecule has 1 atom stereocenters. The van der Waals surface area contributed by atoms with Crippen LogP contribution in [0.3, 0.4) is 0 Å². The van der Waals surface area contributed by atoms with Crippen molar-refractivity contribution in [3.63, 3.8) is 0 Å². The zero-order valence-electron chi connectivity index (χ0n) is 7.87. The lowest BCUT2D eigenvalue weighted by atomic mass is 10.1. The lowest BCUT2D eigenvalue weighted by Gasteiger charge is -1.90. The first-order chi connectivity index (χ1) is 6.20. The molecule has 1 aliphatic carbocycles. The number of hydrogen-bond acceptors (Lipinski definition) is 1. The summed E-state index contributed by atoms with van der Waals surface area (Å²) < 4.78 is 0. The van der Waals surface area contributed by atoms with Gasteiger partial charge in [0.2, 0.25) is 0 Å². The van der Waals surface area contributed by atoms with Gasteiger partial charge in [0.25, 0.3) is 0 Å². The molecule has 2 rings (SSSR count). The second-order valence-electron chi connectivity index (χ2n) is 3.55. The molecule has 1 heteroatoms. The van der Waals surface area contributed by atoms with Crippen LogP contribution in [-0.2, 0) is 0 Å². The van der Waals surface area contributed by atoms with Crippen LogP contribution in [0.4, 0.5) is 0 Å². The van der Waals surface area contributed by atoms with Crippen LogP contribution in [0.1, 0.15) is 18.1 Å². The third-order valence-corrected chi connectivity index (χ3v) is 2.45. The SMILES string of the molecule is Cc1ccccc(C2=C[C@H]2C)c1=O. The molecule has 0 fully saturated rings. The first-order valence-corrected chi connectivity index (χ1v) is 4.52. The van der Waals surface area contributed by atoms with E-state index in [-0.39, 0.29) is 5.43 Å². The van der Waals surface area contributed by atoms with Crippen LogP contribution >= 0.6 is 0 Å². The van der Waals surface area contributed by atoms with Crippen molar-refractivity contribution in [3.8, 4) is 0 Å². The van der Waals surface area contributed by atoms with Gasteiger partial charge in [-0.25, -0.2) is 0 Å². The Balaban J connectivity index is 2.60. The van der Waals surface area contributed by atoms with Crippen molar-refractivity contribution in [2.45, 2.75) is 13.8 Å². The van der Waals surface area contributed by atoms with Gasteiger partial charge < -0.3 is 0 Å². The molecule has 1 aromatic carbocycles. The van der Waals surface area contributed by atoms with Crippen LogP contribution in [-0.4, -0.2) is 0 Å². The maximum atomic E-state index is 11.8. The maximum Gasteiger partial charge on any atom is 0.189 e. The van der Waals surface area contributed by atoms with Gasteiger partial charge in [0.1, 0.15) is 0 Å². The molecule has 0 unspecified atom stereocenters. The lowest BCUT2D eigenvalue weighted by Crippen LogP contribution is -2.05. The highest BCUT2D eigenvalue weighted by molar-refractivity contribution is 5.79. The second-order valence-corrected chi connectivity index (χ2v) is 3.55. The van der Waals surface area contributed by atoms with Crippen LogP contribution in [0.2, 0.25) is 0 Å². The standard InChI is InChI=1S/C12H12O/c1-8-5-3-4-6-10(12(8)13)11-7-9(11)2/h3-7,9H,1-2H3/t9-/m1/s1. The molecule has 1 aromatic rings. The van der Waals surface area contributed by atoms with Crippen molar-refractivity contribution >= 4 is 5.57 Å². The van der Waals surface area contributed by atoms with Gasteiger partial charge in [0.05, 0.1) is 0 Å². The van der Waals surface area contributed by atoms with Crippen molar-refractivity contribution in [3.05, 3.63) is 51.7 Å². The Morgan fingerprint density at radius 3 is 2.46 bits per heavy atom. The van der Waals surface area contributed by atoms with Crippen molar-refractivity contribution in [1.82, 2.24) is 0 Å². The zero-order chi connectivity index (χ0) is 9.42. The smallest absolute Gasteiger partial charge is 0.189 e. The van der Waals surface area contributed by atoms with Gasteiger partial charge in [0.15, 0.2) is 5.43 Å². The average molecular weight is 172 g/mol. The minimum Gasteiger partial charge on any atom is -0.289 e. The van der Waals surface area contributed by atoms with Crippen LogP contribution in [0, 0.1) is 12.8 Å². The summed E-state index contributed by atoms with van der Waals surface area (Å²) >= 11 is 0. The molecule has 0 aromatic heterocycles. The Bertz CT molecular complexity index is 429. The van der Waals surface area contributed by atoms with Crippen molar-refractivity contribution in [2.24, 2.45) is 5.92 Å². The zero-order valence-corrected chi connectivity index (χ0v) is 7.87. The fourth-order valence-corrected chi connectivity index (χ4v) is 1.50. The molecule has 0 radical (unpaired) electrons. The predicted octanol–water partition coefficient (Wildman–Crippen LogP) is 2.39. The highest BCUT2D eigenvalue weighted by Crippen LogP contribution is 2.35. The summed E-state index contributed by atoms with van der Waals surface area (Å²) in [6.45, 7) is 3.97. The van der Waals surface area contributed by atoms with Gasteiger partial charge in [-0.2, -0.15) is 0 Å². The molecule has 0 aliphatic heterocycles. The normalized spacial score (nSPS) is 19.5. The Morgan fingerprint density at radius 2 is 1.85 bits per heavy atom. The summed E-state index contributed by atoms with van der Waals surface area (Å²) in [5.74, 6) is 0.495. The summed E-state index contributed by atoms with van der Waals surface area (Å²) in [4.78, 5) is 11.8. The van der Waals surface area contributed by atoms with Gasteiger partial charge in [-0.15, -0.1) is 0 Å². The molecule has 13 heavy (non-hydrogen) atoms. The van der Waals surface area contributed by atoms with Crippen molar-refractivity contribution in [1.29, 1.82) is 0 Å². The van der Waals surface area contributed by atoms with E-state index in [1.165, 1.54) is 5.57 Å². The molecule has 0 heterocycles. The van der Waals surface area contributed by atoms with Crippen LogP contribution < -0.4 is 5.43 Å². The maximum absolute atomic E-state index is 11.8. The van der Waals surface area contributed by atoms with Gasteiger partial charge in [-0.3, -0.25) is 4.79 Å². The molecule has 66 valence electrons.